The van der Waals surface area contributed by atoms with Crippen molar-refractivity contribution in [3.63, 3.8) is 0 Å². The highest BCUT2D eigenvalue weighted by Crippen LogP contribution is 2.42. The Morgan fingerprint density at radius 3 is 2.73 bits per heavy atom. The topological polar surface area (TPSA) is 131 Å². The number of nitrogens with one attached hydrogen (secondary N) is 1. The molecule has 0 saturated carbocycles. The van der Waals surface area contributed by atoms with Crippen LogP contribution >= 0.6 is 0 Å². The number of hydrogen-bond acceptors (Lipinski definition) is 7. The van der Waals surface area contributed by atoms with Crippen LogP contribution in [0.1, 0.15) is 60.1 Å². The first kappa shape index (κ1) is 23.7. The SMILES string of the molecule is CC[C@@]1(O)C(=O)OCc2c1cc1n(c2=O)Cc2c-1nc1cc(F)c3c(c1c2CNC(=O)[C@@H](C)O)CCC3. The molecule has 0 spiro atoms. The van der Waals surface area contributed by atoms with Gasteiger partial charge in [-0.2, -0.15) is 0 Å². The number of amides is 1. The Morgan fingerprint density at radius 2 is 2.00 bits per heavy atom. The normalized spacial score (nSPS) is 20.2. The summed E-state index contributed by atoms with van der Waals surface area (Å²) in [5.41, 5.74) is 2.21. The number of ether oxygens (including phenoxy) is 1. The van der Waals surface area contributed by atoms with Crippen LogP contribution in [0.25, 0.3) is 22.3 Å². The molecule has 6 rings (SSSR count). The molecule has 1 amide bonds. The van der Waals surface area contributed by atoms with Crippen molar-refractivity contribution in [3.05, 3.63) is 61.7 Å². The van der Waals surface area contributed by atoms with Gasteiger partial charge in [0.25, 0.3) is 5.56 Å². The highest BCUT2D eigenvalue weighted by atomic mass is 19.1. The van der Waals surface area contributed by atoms with Crippen LogP contribution in [0.2, 0.25) is 0 Å². The molecule has 10 heteroatoms. The second-order valence-electron chi connectivity index (χ2n) is 9.98. The van der Waals surface area contributed by atoms with Crippen LogP contribution in [0.4, 0.5) is 4.39 Å². The molecule has 0 fully saturated rings. The predicted molar refractivity (Wildman–Crippen MR) is 130 cm³/mol. The number of pyridine rings is 2. The van der Waals surface area contributed by atoms with Crippen molar-refractivity contribution in [2.75, 3.05) is 0 Å². The van der Waals surface area contributed by atoms with E-state index >= 15 is 4.39 Å². The van der Waals surface area contributed by atoms with E-state index in [1.54, 1.807) is 13.0 Å². The van der Waals surface area contributed by atoms with Crippen LogP contribution in [0, 0.1) is 5.82 Å². The van der Waals surface area contributed by atoms with Gasteiger partial charge in [0.05, 0.1) is 29.0 Å². The van der Waals surface area contributed by atoms with Gasteiger partial charge in [0.1, 0.15) is 18.5 Å². The lowest BCUT2D eigenvalue weighted by Crippen LogP contribution is -2.44. The fourth-order valence-corrected chi connectivity index (χ4v) is 5.94. The molecule has 37 heavy (non-hydrogen) atoms. The highest BCUT2D eigenvalue weighted by molar-refractivity contribution is 5.93. The molecule has 0 bridgehead atoms. The van der Waals surface area contributed by atoms with Crippen molar-refractivity contribution in [2.24, 2.45) is 0 Å². The van der Waals surface area contributed by atoms with Gasteiger partial charge in [-0.05, 0) is 55.4 Å². The number of carbonyl (C=O) groups excluding carboxylic acids is 2. The Kier molecular flexibility index (Phi) is 5.26. The number of hydrogen-bond donors (Lipinski definition) is 3. The van der Waals surface area contributed by atoms with Gasteiger partial charge in [-0.3, -0.25) is 9.59 Å². The molecular formula is C27H26FN3O6. The molecule has 1 aliphatic carbocycles. The Bertz CT molecular complexity index is 1590. The van der Waals surface area contributed by atoms with Crippen molar-refractivity contribution >= 4 is 22.8 Å². The first-order chi connectivity index (χ1) is 17.7. The molecule has 3 aromatic rings. The van der Waals surface area contributed by atoms with Crippen LogP contribution in [0.3, 0.4) is 0 Å². The van der Waals surface area contributed by atoms with Gasteiger partial charge in [-0.25, -0.2) is 14.2 Å². The van der Waals surface area contributed by atoms with E-state index in [4.69, 9.17) is 9.72 Å². The smallest absolute Gasteiger partial charge is 0.343 e. The summed E-state index contributed by atoms with van der Waals surface area (Å²) >= 11 is 0. The molecule has 2 aromatic heterocycles. The van der Waals surface area contributed by atoms with Gasteiger partial charge in [-0.1, -0.05) is 6.92 Å². The minimum absolute atomic E-state index is 0.0215. The summed E-state index contributed by atoms with van der Waals surface area (Å²) in [7, 11) is 0. The lowest BCUT2D eigenvalue weighted by Gasteiger charge is -2.31. The highest BCUT2D eigenvalue weighted by Gasteiger charge is 2.45. The van der Waals surface area contributed by atoms with Crippen molar-refractivity contribution in [1.29, 1.82) is 0 Å². The zero-order valence-corrected chi connectivity index (χ0v) is 20.5. The molecule has 0 unspecified atom stereocenters. The monoisotopic (exact) mass is 507 g/mol. The fraction of sp³-hybridized carbons (Fsp3) is 0.407. The maximum Gasteiger partial charge on any atom is 0.343 e. The van der Waals surface area contributed by atoms with E-state index in [0.29, 0.717) is 46.4 Å². The van der Waals surface area contributed by atoms with E-state index in [0.717, 1.165) is 17.4 Å². The summed E-state index contributed by atoms with van der Waals surface area (Å²) in [6.45, 7) is 2.98. The number of aromatic nitrogens is 2. The zero-order chi connectivity index (χ0) is 26.2. The minimum Gasteiger partial charge on any atom is -0.458 e. The summed E-state index contributed by atoms with van der Waals surface area (Å²) in [6, 6.07) is 2.99. The van der Waals surface area contributed by atoms with Gasteiger partial charge >= 0.3 is 5.97 Å². The molecule has 3 aliphatic rings. The first-order valence-corrected chi connectivity index (χ1v) is 12.4. The molecule has 2 aliphatic heterocycles. The number of aliphatic hydroxyl groups excluding tert-OH is 1. The maximum atomic E-state index is 15.0. The number of halogens is 1. The van der Waals surface area contributed by atoms with Crippen molar-refractivity contribution in [3.8, 4) is 11.4 Å². The number of rotatable bonds is 4. The third-order valence-corrected chi connectivity index (χ3v) is 7.93. The van der Waals surface area contributed by atoms with Crippen LogP contribution in [0.5, 0.6) is 0 Å². The van der Waals surface area contributed by atoms with Crippen LogP contribution < -0.4 is 10.9 Å². The Labute approximate surface area is 210 Å². The first-order valence-electron chi connectivity index (χ1n) is 12.4. The quantitative estimate of drug-likeness (QED) is 0.359. The van der Waals surface area contributed by atoms with Crippen LogP contribution in [-0.2, 0) is 52.5 Å². The van der Waals surface area contributed by atoms with Gasteiger partial charge in [0.2, 0.25) is 5.91 Å². The van der Waals surface area contributed by atoms with E-state index in [1.807, 2.05) is 0 Å². The molecule has 9 nitrogen and oxygen atoms in total. The zero-order valence-electron chi connectivity index (χ0n) is 20.5. The third-order valence-electron chi connectivity index (χ3n) is 7.93. The molecular weight excluding hydrogens is 481 g/mol. The summed E-state index contributed by atoms with van der Waals surface area (Å²) in [5.74, 6) is -1.70. The summed E-state index contributed by atoms with van der Waals surface area (Å²) < 4.78 is 21.7. The number of aliphatic hydroxyl groups is 2. The van der Waals surface area contributed by atoms with E-state index in [2.05, 4.69) is 5.32 Å². The van der Waals surface area contributed by atoms with Crippen molar-refractivity contribution in [2.45, 2.75) is 70.9 Å². The number of benzene rings is 1. The fourth-order valence-electron chi connectivity index (χ4n) is 5.94. The Morgan fingerprint density at radius 1 is 1.24 bits per heavy atom. The number of carbonyl (C=O) groups is 2. The number of esters is 1. The van der Waals surface area contributed by atoms with Gasteiger partial charge in [0, 0.05) is 29.1 Å². The van der Waals surface area contributed by atoms with E-state index < -0.39 is 29.1 Å². The number of nitrogens with zero attached hydrogens (tertiary/aromatic N) is 2. The Hall–Kier alpha value is -3.63. The summed E-state index contributed by atoms with van der Waals surface area (Å²) in [5, 5.41) is 24.3. The molecule has 0 saturated heterocycles. The predicted octanol–water partition coefficient (Wildman–Crippen LogP) is 1.70. The van der Waals surface area contributed by atoms with E-state index in [9.17, 15) is 24.6 Å². The molecule has 4 heterocycles. The Balaban J connectivity index is 1.62. The van der Waals surface area contributed by atoms with Crippen LogP contribution in [-0.4, -0.2) is 37.7 Å². The third kappa shape index (κ3) is 3.28. The second-order valence-corrected chi connectivity index (χ2v) is 9.98. The van der Waals surface area contributed by atoms with Crippen LogP contribution in [0.15, 0.2) is 16.9 Å². The average molecular weight is 508 g/mol. The second kappa shape index (κ2) is 8.19. The van der Waals surface area contributed by atoms with E-state index in [1.165, 1.54) is 17.6 Å². The van der Waals surface area contributed by atoms with Gasteiger partial charge < -0.3 is 24.8 Å². The molecule has 3 N–H and O–H groups in total. The van der Waals surface area contributed by atoms with Gasteiger partial charge in [0.15, 0.2) is 5.60 Å². The largest absolute Gasteiger partial charge is 0.458 e. The molecule has 0 radical (unpaired) electrons. The van der Waals surface area contributed by atoms with E-state index in [-0.39, 0.29) is 43.1 Å². The number of fused-ring (bicyclic) bond motifs is 7. The maximum absolute atomic E-state index is 15.0. The minimum atomic E-state index is -1.96. The summed E-state index contributed by atoms with van der Waals surface area (Å²) in [6.07, 6.45) is 0.904. The van der Waals surface area contributed by atoms with Crippen molar-refractivity contribution in [1.82, 2.24) is 14.9 Å². The molecule has 1 aromatic carbocycles. The molecule has 192 valence electrons. The van der Waals surface area contributed by atoms with Gasteiger partial charge in [-0.15, -0.1) is 0 Å². The molecule has 2 atom stereocenters. The summed E-state index contributed by atoms with van der Waals surface area (Å²) in [4.78, 5) is 43.0. The lowest BCUT2D eigenvalue weighted by molar-refractivity contribution is -0.172. The standard InChI is InChI=1S/C27H26FN3O6/c1-3-27(36)18-7-21-23-16(10-31(21)25(34)17(18)11-37-26(27)35)15(9-29-24(33)12(2)32)22-14-6-4-5-13(14)19(28)8-20(22)30-23/h7-8,12,32,36H,3-6,9-11H2,1-2H3,(H,29,33)/t12-,27+/m1/s1. The average Bonchev–Trinajstić information content (AvgIpc) is 3.50. The number of aryl methyl sites for hydroxylation is 1. The van der Waals surface area contributed by atoms with Crippen molar-refractivity contribution < 1.29 is 28.9 Å². The number of cyclic esters (lactones) is 1. The lowest BCUT2D eigenvalue weighted by atomic mass is 9.86.